The largest absolute Gasteiger partial charge is 0.332 e. The summed E-state index contributed by atoms with van der Waals surface area (Å²) < 4.78 is 2.21. The van der Waals surface area contributed by atoms with Crippen molar-refractivity contribution in [1.82, 2.24) is 14.9 Å². The standard InChI is InChI=1S/C10H19N3/c1-8(2)13-7-10(5-6-11-4)12-9(13)3/h7-8,11H,5-6H2,1-4H3. The monoisotopic (exact) mass is 181 g/mol. The maximum Gasteiger partial charge on any atom is 0.106 e. The first kappa shape index (κ1) is 10.3. The van der Waals surface area contributed by atoms with Crippen molar-refractivity contribution >= 4 is 0 Å². The topological polar surface area (TPSA) is 29.9 Å². The predicted molar refractivity (Wildman–Crippen MR) is 55.0 cm³/mol. The summed E-state index contributed by atoms with van der Waals surface area (Å²) in [5.74, 6) is 1.11. The second-order valence-electron chi connectivity index (χ2n) is 3.63. The van der Waals surface area contributed by atoms with Crippen LogP contribution < -0.4 is 5.32 Å². The zero-order valence-electron chi connectivity index (χ0n) is 8.96. The second kappa shape index (κ2) is 4.42. The van der Waals surface area contributed by atoms with Crippen LogP contribution in [-0.2, 0) is 6.42 Å². The Morgan fingerprint density at radius 1 is 1.54 bits per heavy atom. The van der Waals surface area contributed by atoms with Crippen molar-refractivity contribution in [3.05, 3.63) is 17.7 Å². The van der Waals surface area contributed by atoms with Crippen LogP contribution in [0.3, 0.4) is 0 Å². The fourth-order valence-corrected chi connectivity index (χ4v) is 1.44. The average Bonchev–Trinajstić information content (AvgIpc) is 2.43. The molecule has 1 aromatic heterocycles. The summed E-state index contributed by atoms with van der Waals surface area (Å²) >= 11 is 0. The third kappa shape index (κ3) is 2.56. The van der Waals surface area contributed by atoms with E-state index in [1.165, 1.54) is 5.69 Å². The minimum absolute atomic E-state index is 0.510. The molecule has 0 bridgehead atoms. The number of hydrogen-bond acceptors (Lipinski definition) is 2. The van der Waals surface area contributed by atoms with Crippen molar-refractivity contribution in [2.24, 2.45) is 0 Å². The third-order valence-corrected chi connectivity index (χ3v) is 2.15. The van der Waals surface area contributed by atoms with E-state index >= 15 is 0 Å². The molecule has 0 spiro atoms. The maximum absolute atomic E-state index is 4.49. The van der Waals surface area contributed by atoms with Crippen molar-refractivity contribution in [2.75, 3.05) is 13.6 Å². The molecule has 0 radical (unpaired) electrons. The van der Waals surface area contributed by atoms with E-state index < -0.39 is 0 Å². The lowest BCUT2D eigenvalue weighted by Gasteiger charge is -2.07. The van der Waals surface area contributed by atoms with Crippen LogP contribution in [0.2, 0.25) is 0 Å². The number of aromatic nitrogens is 2. The van der Waals surface area contributed by atoms with E-state index in [2.05, 4.69) is 41.8 Å². The SMILES string of the molecule is CNCCc1cn(C(C)C)c(C)n1. The van der Waals surface area contributed by atoms with Gasteiger partial charge in [0.05, 0.1) is 5.69 Å². The van der Waals surface area contributed by atoms with Crippen molar-refractivity contribution in [2.45, 2.75) is 33.2 Å². The van der Waals surface area contributed by atoms with Gasteiger partial charge in [-0.2, -0.15) is 0 Å². The van der Waals surface area contributed by atoms with Crippen LogP contribution in [0.1, 0.15) is 31.4 Å². The summed E-state index contributed by atoms with van der Waals surface area (Å²) in [5, 5.41) is 3.12. The molecule has 1 rings (SSSR count). The molecule has 3 nitrogen and oxygen atoms in total. The van der Waals surface area contributed by atoms with Crippen molar-refractivity contribution in [3.63, 3.8) is 0 Å². The molecule has 3 heteroatoms. The van der Waals surface area contributed by atoms with E-state index in [0.717, 1.165) is 18.8 Å². The molecule has 0 amide bonds. The minimum Gasteiger partial charge on any atom is -0.332 e. The molecule has 0 aromatic carbocycles. The van der Waals surface area contributed by atoms with E-state index in [-0.39, 0.29) is 0 Å². The number of nitrogens with one attached hydrogen (secondary N) is 1. The van der Waals surface area contributed by atoms with Gasteiger partial charge in [0.2, 0.25) is 0 Å². The van der Waals surface area contributed by atoms with E-state index in [1.807, 2.05) is 7.05 Å². The third-order valence-electron chi connectivity index (χ3n) is 2.15. The fraction of sp³-hybridized carbons (Fsp3) is 0.700. The van der Waals surface area contributed by atoms with Crippen LogP contribution in [-0.4, -0.2) is 23.1 Å². The van der Waals surface area contributed by atoms with Gasteiger partial charge >= 0.3 is 0 Å². The molecule has 1 aromatic rings. The molecule has 0 saturated heterocycles. The van der Waals surface area contributed by atoms with Gasteiger partial charge in [-0.3, -0.25) is 0 Å². The van der Waals surface area contributed by atoms with Crippen LogP contribution >= 0.6 is 0 Å². The maximum atomic E-state index is 4.49. The molecular weight excluding hydrogens is 162 g/mol. The summed E-state index contributed by atoms with van der Waals surface area (Å²) in [6, 6.07) is 0.510. The molecule has 0 aliphatic carbocycles. The van der Waals surface area contributed by atoms with Gasteiger partial charge in [-0.1, -0.05) is 0 Å². The Bertz CT molecular complexity index is 263. The highest BCUT2D eigenvalue weighted by atomic mass is 15.1. The van der Waals surface area contributed by atoms with Gasteiger partial charge in [0.1, 0.15) is 5.82 Å². The highest BCUT2D eigenvalue weighted by molar-refractivity contribution is 5.04. The first-order valence-electron chi connectivity index (χ1n) is 4.84. The van der Waals surface area contributed by atoms with Crippen molar-refractivity contribution < 1.29 is 0 Å². The Morgan fingerprint density at radius 2 is 2.23 bits per heavy atom. The van der Waals surface area contributed by atoms with Gasteiger partial charge in [-0.05, 0) is 27.8 Å². The summed E-state index contributed by atoms with van der Waals surface area (Å²) in [6.45, 7) is 7.41. The highest BCUT2D eigenvalue weighted by Crippen LogP contribution is 2.10. The molecule has 1 heterocycles. The zero-order chi connectivity index (χ0) is 9.84. The molecule has 0 fully saturated rings. The number of hydrogen-bond donors (Lipinski definition) is 1. The molecule has 0 saturated carbocycles. The number of imidazole rings is 1. The highest BCUT2D eigenvalue weighted by Gasteiger charge is 2.05. The molecule has 0 atom stereocenters. The Kier molecular flexibility index (Phi) is 3.48. The number of aryl methyl sites for hydroxylation is 1. The normalized spacial score (nSPS) is 11.2. The van der Waals surface area contributed by atoms with Gasteiger partial charge in [0.15, 0.2) is 0 Å². The lowest BCUT2D eigenvalue weighted by atomic mass is 10.3. The van der Waals surface area contributed by atoms with Gasteiger partial charge in [0.25, 0.3) is 0 Å². The van der Waals surface area contributed by atoms with Crippen LogP contribution in [0.5, 0.6) is 0 Å². The molecular formula is C10H19N3. The zero-order valence-corrected chi connectivity index (χ0v) is 8.96. The molecule has 13 heavy (non-hydrogen) atoms. The smallest absolute Gasteiger partial charge is 0.106 e. The lowest BCUT2D eigenvalue weighted by molar-refractivity contribution is 0.582. The molecule has 0 aliphatic heterocycles. The van der Waals surface area contributed by atoms with Gasteiger partial charge in [-0.25, -0.2) is 4.98 Å². The number of nitrogens with zero attached hydrogens (tertiary/aromatic N) is 2. The predicted octanol–water partition coefficient (Wildman–Crippen LogP) is 1.53. The quantitative estimate of drug-likeness (QED) is 0.763. The van der Waals surface area contributed by atoms with Crippen LogP contribution in [0, 0.1) is 6.92 Å². The van der Waals surface area contributed by atoms with Gasteiger partial charge in [-0.15, -0.1) is 0 Å². The minimum atomic E-state index is 0.510. The van der Waals surface area contributed by atoms with Crippen LogP contribution in [0.25, 0.3) is 0 Å². The average molecular weight is 181 g/mol. The molecule has 0 unspecified atom stereocenters. The van der Waals surface area contributed by atoms with Gasteiger partial charge < -0.3 is 9.88 Å². The summed E-state index contributed by atoms with van der Waals surface area (Å²) in [7, 11) is 1.96. The summed E-state index contributed by atoms with van der Waals surface area (Å²) in [5.41, 5.74) is 1.18. The number of likely N-dealkylation sites (N-methyl/N-ethyl adjacent to an activating group) is 1. The van der Waals surface area contributed by atoms with E-state index in [1.54, 1.807) is 0 Å². The Morgan fingerprint density at radius 3 is 2.69 bits per heavy atom. The van der Waals surface area contributed by atoms with E-state index in [9.17, 15) is 0 Å². The van der Waals surface area contributed by atoms with E-state index in [4.69, 9.17) is 0 Å². The molecule has 1 N–H and O–H groups in total. The van der Waals surface area contributed by atoms with Gasteiger partial charge in [0, 0.05) is 25.2 Å². The molecule has 0 aliphatic rings. The van der Waals surface area contributed by atoms with E-state index in [0.29, 0.717) is 6.04 Å². The number of rotatable bonds is 4. The fourth-order valence-electron chi connectivity index (χ4n) is 1.44. The van der Waals surface area contributed by atoms with Crippen molar-refractivity contribution in [1.29, 1.82) is 0 Å². The van der Waals surface area contributed by atoms with Crippen LogP contribution in [0.15, 0.2) is 6.20 Å². The molecule has 74 valence electrons. The summed E-state index contributed by atoms with van der Waals surface area (Å²) in [4.78, 5) is 4.49. The first-order valence-corrected chi connectivity index (χ1v) is 4.84. The first-order chi connectivity index (χ1) is 6.15. The lowest BCUT2D eigenvalue weighted by Crippen LogP contribution is -2.10. The summed E-state index contributed by atoms with van der Waals surface area (Å²) in [6.07, 6.45) is 3.16. The Balaban J connectivity index is 2.71. The second-order valence-corrected chi connectivity index (χ2v) is 3.63. The Hall–Kier alpha value is -0.830. The van der Waals surface area contributed by atoms with Crippen molar-refractivity contribution in [3.8, 4) is 0 Å². The van der Waals surface area contributed by atoms with Crippen LogP contribution in [0.4, 0.5) is 0 Å². The Labute approximate surface area is 80.2 Å².